The minimum atomic E-state index is 0.494. The predicted octanol–water partition coefficient (Wildman–Crippen LogP) is 4.99. The van der Waals surface area contributed by atoms with E-state index in [1.165, 1.54) is 0 Å². The SMILES string of the molecule is CC(C)CCNc1ccnc(Nc2ccc(Cl)cc2Cl)n1. The van der Waals surface area contributed by atoms with Crippen LogP contribution in [0.15, 0.2) is 30.5 Å². The fourth-order valence-corrected chi connectivity index (χ4v) is 2.17. The number of aromatic nitrogens is 2. The van der Waals surface area contributed by atoms with Crippen LogP contribution in [0.5, 0.6) is 0 Å². The molecule has 0 saturated carbocycles. The minimum Gasteiger partial charge on any atom is -0.370 e. The first kappa shape index (κ1) is 15.9. The van der Waals surface area contributed by atoms with Crippen molar-refractivity contribution < 1.29 is 0 Å². The molecule has 2 aromatic rings. The van der Waals surface area contributed by atoms with Gasteiger partial charge in [0.05, 0.1) is 10.7 Å². The summed E-state index contributed by atoms with van der Waals surface area (Å²) in [6.45, 7) is 5.27. The molecule has 2 N–H and O–H groups in total. The smallest absolute Gasteiger partial charge is 0.229 e. The highest BCUT2D eigenvalue weighted by Crippen LogP contribution is 2.27. The van der Waals surface area contributed by atoms with Crippen LogP contribution in [-0.4, -0.2) is 16.5 Å². The lowest BCUT2D eigenvalue weighted by Gasteiger charge is -2.10. The number of hydrogen-bond donors (Lipinski definition) is 2. The Hall–Kier alpha value is -1.52. The predicted molar refractivity (Wildman–Crippen MR) is 89.7 cm³/mol. The van der Waals surface area contributed by atoms with E-state index in [1.54, 1.807) is 24.4 Å². The average molecular weight is 325 g/mol. The molecule has 1 aromatic carbocycles. The molecule has 0 radical (unpaired) electrons. The lowest BCUT2D eigenvalue weighted by molar-refractivity contribution is 0.606. The largest absolute Gasteiger partial charge is 0.370 e. The average Bonchev–Trinajstić information content (AvgIpc) is 2.42. The Bertz CT molecular complexity index is 602. The summed E-state index contributed by atoms with van der Waals surface area (Å²) in [6.07, 6.45) is 2.80. The molecule has 1 aromatic heterocycles. The molecular weight excluding hydrogens is 307 g/mol. The molecule has 0 saturated heterocycles. The van der Waals surface area contributed by atoms with Gasteiger partial charge in [-0.25, -0.2) is 4.98 Å². The summed E-state index contributed by atoms with van der Waals surface area (Å²) >= 11 is 12.0. The molecule has 0 amide bonds. The van der Waals surface area contributed by atoms with E-state index in [0.717, 1.165) is 24.5 Å². The highest BCUT2D eigenvalue weighted by molar-refractivity contribution is 6.36. The van der Waals surface area contributed by atoms with Crippen molar-refractivity contribution in [3.63, 3.8) is 0 Å². The van der Waals surface area contributed by atoms with Crippen molar-refractivity contribution in [1.82, 2.24) is 9.97 Å². The van der Waals surface area contributed by atoms with Gasteiger partial charge in [-0.05, 0) is 36.6 Å². The Morgan fingerprint density at radius 1 is 1.19 bits per heavy atom. The maximum absolute atomic E-state index is 6.12. The molecule has 4 nitrogen and oxygen atoms in total. The van der Waals surface area contributed by atoms with Crippen molar-refractivity contribution in [2.45, 2.75) is 20.3 Å². The van der Waals surface area contributed by atoms with Crippen LogP contribution < -0.4 is 10.6 Å². The van der Waals surface area contributed by atoms with Gasteiger partial charge in [0, 0.05) is 17.8 Å². The second-order valence-corrected chi connectivity index (χ2v) is 5.97. The Balaban J connectivity index is 2.03. The molecular formula is C15H18Cl2N4. The normalized spacial score (nSPS) is 10.7. The van der Waals surface area contributed by atoms with E-state index >= 15 is 0 Å². The molecule has 0 spiro atoms. The lowest BCUT2D eigenvalue weighted by atomic mass is 10.1. The summed E-state index contributed by atoms with van der Waals surface area (Å²) < 4.78 is 0. The minimum absolute atomic E-state index is 0.494. The number of nitrogens with zero attached hydrogens (tertiary/aromatic N) is 2. The van der Waals surface area contributed by atoms with E-state index in [0.29, 0.717) is 21.9 Å². The van der Waals surface area contributed by atoms with Crippen molar-refractivity contribution in [3.05, 3.63) is 40.5 Å². The van der Waals surface area contributed by atoms with Crippen LogP contribution in [-0.2, 0) is 0 Å². The Labute approximate surface area is 134 Å². The summed E-state index contributed by atoms with van der Waals surface area (Å²) in [6, 6.07) is 7.08. The molecule has 0 aliphatic heterocycles. The van der Waals surface area contributed by atoms with E-state index in [2.05, 4.69) is 34.4 Å². The van der Waals surface area contributed by atoms with E-state index in [9.17, 15) is 0 Å². The summed E-state index contributed by atoms with van der Waals surface area (Å²) in [5, 5.41) is 7.49. The number of rotatable bonds is 6. The van der Waals surface area contributed by atoms with Gasteiger partial charge in [0.2, 0.25) is 5.95 Å². The van der Waals surface area contributed by atoms with Crippen LogP contribution in [0.2, 0.25) is 10.0 Å². The molecule has 0 aliphatic rings. The zero-order valence-corrected chi connectivity index (χ0v) is 13.5. The van der Waals surface area contributed by atoms with Gasteiger partial charge in [0.15, 0.2) is 0 Å². The first-order chi connectivity index (χ1) is 10.0. The van der Waals surface area contributed by atoms with Gasteiger partial charge >= 0.3 is 0 Å². The van der Waals surface area contributed by atoms with Gasteiger partial charge in [0.1, 0.15) is 5.82 Å². The molecule has 0 atom stereocenters. The Morgan fingerprint density at radius 3 is 2.71 bits per heavy atom. The van der Waals surface area contributed by atoms with Crippen molar-refractivity contribution >= 4 is 40.7 Å². The third kappa shape index (κ3) is 5.06. The van der Waals surface area contributed by atoms with E-state index in [4.69, 9.17) is 23.2 Å². The second-order valence-electron chi connectivity index (χ2n) is 5.12. The molecule has 21 heavy (non-hydrogen) atoms. The van der Waals surface area contributed by atoms with Gasteiger partial charge in [0.25, 0.3) is 0 Å². The number of nitrogens with one attached hydrogen (secondary N) is 2. The summed E-state index contributed by atoms with van der Waals surface area (Å²) in [4.78, 5) is 8.59. The van der Waals surface area contributed by atoms with E-state index in [-0.39, 0.29) is 0 Å². The zero-order chi connectivity index (χ0) is 15.2. The van der Waals surface area contributed by atoms with Crippen molar-refractivity contribution in [2.75, 3.05) is 17.2 Å². The highest BCUT2D eigenvalue weighted by Gasteiger charge is 2.04. The monoisotopic (exact) mass is 324 g/mol. The third-order valence-corrected chi connectivity index (χ3v) is 3.41. The summed E-state index contributed by atoms with van der Waals surface area (Å²) in [5.74, 6) is 1.94. The third-order valence-electron chi connectivity index (χ3n) is 2.86. The van der Waals surface area contributed by atoms with Crippen LogP contribution in [0.25, 0.3) is 0 Å². The van der Waals surface area contributed by atoms with E-state index in [1.807, 2.05) is 6.07 Å². The summed E-state index contributed by atoms with van der Waals surface area (Å²) in [5.41, 5.74) is 0.723. The molecule has 0 fully saturated rings. The van der Waals surface area contributed by atoms with E-state index < -0.39 is 0 Å². The number of hydrogen-bond acceptors (Lipinski definition) is 4. The van der Waals surface area contributed by atoms with Crippen molar-refractivity contribution in [3.8, 4) is 0 Å². The highest BCUT2D eigenvalue weighted by atomic mass is 35.5. The van der Waals surface area contributed by atoms with Crippen LogP contribution in [0.3, 0.4) is 0 Å². The lowest BCUT2D eigenvalue weighted by Crippen LogP contribution is -2.07. The van der Waals surface area contributed by atoms with Gasteiger partial charge in [-0.2, -0.15) is 4.98 Å². The molecule has 0 unspecified atom stereocenters. The maximum Gasteiger partial charge on any atom is 0.229 e. The number of halogens is 2. The molecule has 2 rings (SSSR count). The van der Waals surface area contributed by atoms with Crippen LogP contribution >= 0.6 is 23.2 Å². The quantitative estimate of drug-likeness (QED) is 0.786. The zero-order valence-electron chi connectivity index (χ0n) is 12.0. The molecule has 6 heteroatoms. The topological polar surface area (TPSA) is 49.8 Å². The van der Waals surface area contributed by atoms with Gasteiger partial charge < -0.3 is 10.6 Å². The van der Waals surface area contributed by atoms with Crippen LogP contribution in [0, 0.1) is 5.92 Å². The number of anilines is 3. The summed E-state index contributed by atoms with van der Waals surface area (Å²) in [7, 11) is 0. The fraction of sp³-hybridized carbons (Fsp3) is 0.333. The molecule has 112 valence electrons. The maximum atomic E-state index is 6.12. The first-order valence-corrected chi connectivity index (χ1v) is 7.59. The second kappa shape index (κ2) is 7.48. The number of benzene rings is 1. The molecule has 0 aliphatic carbocycles. The molecule has 1 heterocycles. The first-order valence-electron chi connectivity index (χ1n) is 6.83. The van der Waals surface area contributed by atoms with Crippen LogP contribution in [0.1, 0.15) is 20.3 Å². The Kier molecular flexibility index (Phi) is 5.65. The van der Waals surface area contributed by atoms with Crippen molar-refractivity contribution in [2.24, 2.45) is 5.92 Å². The molecule has 0 bridgehead atoms. The van der Waals surface area contributed by atoms with Crippen molar-refractivity contribution in [1.29, 1.82) is 0 Å². The van der Waals surface area contributed by atoms with Gasteiger partial charge in [-0.1, -0.05) is 37.0 Å². The Morgan fingerprint density at radius 2 is 2.00 bits per heavy atom. The standard InChI is InChI=1S/C15H18Cl2N4/c1-10(2)5-7-18-14-6-8-19-15(21-14)20-13-4-3-11(16)9-12(13)17/h3-4,6,8-10H,5,7H2,1-2H3,(H2,18,19,20,21). The van der Waals surface area contributed by atoms with Gasteiger partial charge in [-0.15, -0.1) is 0 Å². The van der Waals surface area contributed by atoms with Crippen LogP contribution in [0.4, 0.5) is 17.5 Å². The fourth-order valence-electron chi connectivity index (χ4n) is 1.72. The van der Waals surface area contributed by atoms with Gasteiger partial charge in [-0.3, -0.25) is 0 Å².